The van der Waals surface area contributed by atoms with Crippen LogP contribution in [0.4, 0.5) is 0 Å². The molecule has 2 aromatic carbocycles. The number of ether oxygens (including phenoxy) is 1. The van der Waals surface area contributed by atoms with Gasteiger partial charge in [0.1, 0.15) is 23.5 Å². The van der Waals surface area contributed by atoms with E-state index in [9.17, 15) is 14.4 Å². The quantitative estimate of drug-likeness (QED) is 0.466. The smallest absolute Gasteiger partial charge is 0.270 e. The lowest BCUT2D eigenvalue weighted by molar-refractivity contribution is 0.0772. The van der Waals surface area contributed by atoms with E-state index in [1.807, 2.05) is 38.1 Å². The van der Waals surface area contributed by atoms with Gasteiger partial charge >= 0.3 is 0 Å². The van der Waals surface area contributed by atoms with Gasteiger partial charge in [0.25, 0.3) is 17.7 Å². The van der Waals surface area contributed by atoms with Gasteiger partial charge in [0.15, 0.2) is 0 Å². The van der Waals surface area contributed by atoms with E-state index in [4.69, 9.17) is 4.74 Å². The van der Waals surface area contributed by atoms with Gasteiger partial charge in [0.05, 0.1) is 7.11 Å². The molecule has 1 aromatic heterocycles. The summed E-state index contributed by atoms with van der Waals surface area (Å²) in [5.74, 6) is -0.179. The Hall–Kier alpha value is -4.27. The molecule has 3 rings (SSSR count). The van der Waals surface area contributed by atoms with E-state index < -0.39 is 11.8 Å². The molecule has 0 saturated heterocycles. The van der Waals surface area contributed by atoms with Gasteiger partial charge in [-0.1, -0.05) is 24.3 Å². The molecule has 0 aliphatic rings. The Morgan fingerprint density at radius 2 is 1.43 bits per heavy atom. The highest BCUT2D eigenvalue weighted by Crippen LogP contribution is 2.12. The van der Waals surface area contributed by atoms with Crippen LogP contribution in [0.25, 0.3) is 0 Å². The van der Waals surface area contributed by atoms with Crippen LogP contribution in [0.15, 0.2) is 60.9 Å². The summed E-state index contributed by atoms with van der Waals surface area (Å²) in [5, 5.41) is 5.55. The van der Waals surface area contributed by atoms with E-state index in [2.05, 4.69) is 20.6 Å². The van der Waals surface area contributed by atoms with E-state index in [-0.39, 0.29) is 30.4 Å². The maximum absolute atomic E-state index is 12.6. The summed E-state index contributed by atoms with van der Waals surface area (Å²) in [6.45, 7) is 5.71. The van der Waals surface area contributed by atoms with Crippen molar-refractivity contribution in [2.75, 3.05) is 20.2 Å². The Balaban J connectivity index is 1.56. The SMILES string of the molecule is CCN(CC)C(=O)c1ccc(CNC(=O)c2cc(C(=O)NCc3cccc(OC)c3)ncn2)cc1. The summed E-state index contributed by atoms with van der Waals surface area (Å²) >= 11 is 0. The van der Waals surface area contributed by atoms with E-state index >= 15 is 0 Å². The van der Waals surface area contributed by atoms with Crippen molar-refractivity contribution in [2.24, 2.45) is 0 Å². The third-order valence-electron chi connectivity index (χ3n) is 5.42. The number of nitrogens with one attached hydrogen (secondary N) is 2. The fourth-order valence-corrected chi connectivity index (χ4v) is 3.39. The lowest BCUT2D eigenvalue weighted by atomic mass is 10.1. The van der Waals surface area contributed by atoms with Crippen molar-refractivity contribution in [3.63, 3.8) is 0 Å². The summed E-state index contributed by atoms with van der Waals surface area (Å²) in [6.07, 6.45) is 1.18. The Kier molecular flexibility index (Phi) is 8.89. The average molecular weight is 476 g/mol. The fraction of sp³-hybridized carbons (Fsp3) is 0.269. The van der Waals surface area contributed by atoms with Crippen LogP contribution in [0, 0.1) is 0 Å². The third kappa shape index (κ3) is 6.86. The number of amides is 3. The van der Waals surface area contributed by atoms with Crippen molar-refractivity contribution in [3.05, 3.63) is 89.0 Å². The molecule has 3 amide bonds. The zero-order valence-corrected chi connectivity index (χ0v) is 20.1. The molecule has 0 spiro atoms. The van der Waals surface area contributed by atoms with Gasteiger partial charge in [-0.25, -0.2) is 9.97 Å². The van der Waals surface area contributed by atoms with Crippen LogP contribution >= 0.6 is 0 Å². The topological polar surface area (TPSA) is 114 Å². The van der Waals surface area contributed by atoms with Crippen LogP contribution in [0.5, 0.6) is 5.75 Å². The molecule has 9 heteroatoms. The first-order valence-electron chi connectivity index (χ1n) is 11.3. The normalized spacial score (nSPS) is 10.4. The lowest BCUT2D eigenvalue weighted by Crippen LogP contribution is -2.30. The second-order valence-electron chi connectivity index (χ2n) is 7.68. The number of nitrogens with zero attached hydrogens (tertiary/aromatic N) is 3. The first-order valence-corrected chi connectivity index (χ1v) is 11.3. The highest BCUT2D eigenvalue weighted by molar-refractivity contribution is 5.97. The van der Waals surface area contributed by atoms with Gasteiger partial charge in [0.2, 0.25) is 0 Å². The van der Waals surface area contributed by atoms with Crippen LogP contribution in [0.3, 0.4) is 0 Å². The Morgan fingerprint density at radius 3 is 2.00 bits per heavy atom. The molecule has 0 radical (unpaired) electrons. The van der Waals surface area contributed by atoms with Crippen LogP contribution in [0.1, 0.15) is 56.3 Å². The first-order chi connectivity index (χ1) is 16.9. The summed E-state index contributed by atoms with van der Waals surface area (Å²) in [4.78, 5) is 47.2. The van der Waals surface area contributed by atoms with Gasteiger partial charge in [-0.3, -0.25) is 14.4 Å². The van der Waals surface area contributed by atoms with Crippen molar-refractivity contribution in [3.8, 4) is 5.75 Å². The number of methoxy groups -OCH3 is 1. The third-order valence-corrected chi connectivity index (χ3v) is 5.42. The highest BCUT2D eigenvalue weighted by Gasteiger charge is 2.14. The van der Waals surface area contributed by atoms with E-state index in [0.29, 0.717) is 24.4 Å². The molecular formula is C26H29N5O4. The van der Waals surface area contributed by atoms with Crippen molar-refractivity contribution < 1.29 is 19.1 Å². The summed E-state index contributed by atoms with van der Waals surface area (Å²) in [5.41, 5.74) is 2.48. The van der Waals surface area contributed by atoms with E-state index in [0.717, 1.165) is 11.1 Å². The van der Waals surface area contributed by atoms with Gasteiger partial charge in [-0.2, -0.15) is 0 Å². The maximum atomic E-state index is 12.6. The number of hydrogen-bond donors (Lipinski definition) is 2. The number of carbonyl (C=O) groups is 3. The van der Waals surface area contributed by atoms with Crippen molar-refractivity contribution in [1.29, 1.82) is 0 Å². The van der Waals surface area contributed by atoms with Gasteiger partial charge in [0, 0.05) is 37.8 Å². The number of carbonyl (C=O) groups excluding carboxylic acids is 3. The molecule has 0 aliphatic carbocycles. The van der Waals surface area contributed by atoms with Crippen LogP contribution in [-0.4, -0.2) is 52.8 Å². The Bertz CT molecular complexity index is 1180. The first kappa shape index (κ1) is 25.4. The van der Waals surface area contributed by atoms with Crippen LogP contribution < -0.4 is 15.4 Å². The minimum atomic E-state index is -0.433. The van der Waals surface area contributed by atoms with Crippen LogP contribution in [0.2, 0.25) is 0 Å². The molecule has 0 saturated carbocycles. The number of hydrogen-bond acceptors (Lipinski definition) is 6. The predicted molar refractivity (Wildman–Crippen MR) is 131 cm³/mol. The zero-order valence-electron chi connectivity index (χ0n) is 20.1. The van der Waals surface area contributed by atoms with Gasteiger partial charge in [-0.15, -0.1) is 0 Å². The molecule has 0 fully saturated rings. The van der Waals surface area contributed by atoms with E-state index in [1.165, 1.54) is 12.4 Å². The summed E-state index contributed by atoms with van der Waals surface area (Å²) in [6, 6.07) is 15.8. The average Bonchev–Trinajstić information content (AvgIpc) is 2.91. The molecule has 182 valence electrons. The highest BCUT2D eigenvalue weighted by atomic mass is 16.5. The minimum Gasteiger partial charge on any atom is -0.497 e. The van der Waals surface area contributed by atoms with Crippen molar-refractivity contribution in [2.45, 2.75) is 26.9 Å². The second kappa shape index (κ2) is 12.3. The monoisotopic (exact) mass is 475 g/mol. The van der Waals surface area contributed by atoms with Crippen LogP contribution in [-0.2, 0) is 13.1 Å². The Labute approximate surface area is 204 Å². The minimum absolute atomic E-state index is 0.0243. The van der Waals surface area contributed by atoms with Crippen molar-refractivity contribution >= 4 is 17.7 Å². The second-order valence-corrected chi connectivity index (χ2v) is 7.68. The molecule has 35 heavy (non-hydrogen) atoms. The van der Waals surface area contributed by atoms with Crippen molar-refractivity contribution in [1.82, 2.24) is 25.5 Å². The molecule has 3 aromatic rings. The summed E-state index contributed by atoms with van der Waals surface area (Å²) in [7, 11) is 1.58. The zero-order chi connectivity index (χ0) is 25.2. The lowest BCUT2D eigenvalue weighted by Gasteiger charge is -2.18. The molecule has 9 nitrogen and oxygen atoms in total. The number of aromatic nitrogens is 2. The number of benzene rings is 2. The molecule has 1 heterocycles. The predicted octanol–water partition coefficient (Wildman–Crippen LogP) is 2.83. The Morgan fingerprint density at radius 1 is 0.829 bits per heavy atom. The van der Waals surface area contributed by atoms with Gasteiger partial charge < -0.3 is 20.3 Å². The molecular weight excluding hydrogens is 446 g/mol. The standard InChI is InChI=1S/C26H29N5O4/c1-4-31(5-2)26(34)20-11-9-18(10-12-20)15-27-24(32)22-14-23(30-17-29-22)25(33)28-16-19-7-6-8-21(13-19)35-3/h6-14,17H,4-5,15-16H2,1-3H3,(H,27,32)(H,28,33). The number of rotatable bonds is 10. The fourth-order valence-electron chi connectivity index (χ4n) is 3.39. The summed E-state index contributed by atoms with van der Waals surface area (Å²) < 4.78 is 5.18. The van der Waals surface area contributed by atoms with E-state index in [1.54, 1.807) is 36.3 Å². The maximum Gasteiger partial charge on any atom is 0.270 e. The largest absolute Gasteiger partial charge is 0.497 e. The molecule has 0 unspecified atom stereocenters. The van der Waals surface area contributed by atoms with Gasteiger partial charge in [-0.05, 0) is 49.2 Å². The molecule has 2 N–H and O–H groups in total. The molecule has 0 bridgehead atoms. The molecule has 0 atom stereocenters. The molecule has 0 aliphatic heterocycles.